The van der Waals surface area contributed by atoms with Crippen LogP contribution in [0.4, 0.5) is 4.79 Å². The molecule has 1 heterocycles. The number of carbonyl (C=O) groups is 2. The van der Waals surface area contributed by atoms with Crippen molar-refractivity contribution in [2.75, 3.05) is 13.1 Å². The molecular formula is C25H33NO4. The van der Waals surface area contributed by atoms with Crippen LogP contribution in [-0.2, 0) is 9.53 Å². The number of carbonyl (C=O) groups excluding carboxylic acids is 1. The third-order valence-electron chi connectivity index (χ3n) is 8.42. The van der Waals surface area contributed by atoms with Crippen LogP contribution in [0, 0.1) is 36.5 Å². The number of ether oxygens (including phenoxy) is 1. The van der Waals surface area contributed by atoms with Crippen molar-refractivity contribution in [3.05, 3.63) is 35.4 Å². The highest BCUT2D eigenvalue weighted by molar-refractivity contribution is 5.69. The molecule has 5 aliphatic rings. The van der Waals surface area contributed by atoms with Gasteiger partial charge in [-0.3, -0.25) is 4.79 Å². The maximum atomic E-state index is 13.2. The van der Waals surface area contributed by atoms with E-state index in [1.54, 1.807) is 0 Å². The zero-order valence-electron chi connectivity index (χ0n) is 17.8. The Labute approximate surface area is 178 Å². The van der Waals surface area contributed by atoms with E-state index in [9.17, 15) is 14.7 Å². The van der Waals surface area contributed by atoms with E-state index in [0.29, 0.717) is 31.3 Å². The number of hydrogen-bond acceptors (Lipinski definition) is 3. The van der Waals surface area contributed by atoms with Gasteiger partial charge in [0.1, 0.15) is 6.10 Å². The van der Waals surface area contributed by atoms with E-state index in [0.717, 1.165) is 23.0 Å². The molecule has 0 radical (unpaired) electrons. The van der Waals surface area contributed by atoms with Gasteiger partial charge in [0.05, 0.1) is 0 Å². The van der Waals surface area contributed by atoms with E-state index in [1.165, 1.54) is 32.1 Å². The molecule has 1 saturated heterocycles. The number of hydrogen-bond donors (Lipinski definition) is 1. The zero-order chi connectivity index (χ0) is 20.8. The fourth-order valence-electron chi connectivity index (χ4n) is 7.25. The fourth-order valence-corrected chi connectivity index (χ4v) is 7.25. The summed E-state index contributed by atoms with van der Waals surface area (Å²) < 4.78 is 6.17. The molecule has 4 saturated carbocycles. The van der Waals surface area contributed by atoms with Crippen molar-refractivity contribution < 1.29 is 19.4 Å². The number of likely N-dealkylation sites (tertiary alicyclic amines) is 1. The summed E-state index contributed by atoms with van der Waals surface area (Å²) in [7, 11) is 0. The maximum absolute atomic E-state index is 13.2. The quantitative estimate of drug-likeness (QED) is 0.770. The first-order valence-electron chi connectivity index (χ1n) is 11.7. The maximum Gasteiger partial charge on any atom is 0.410 e. The Morgan fingerprint density at radius 3 is 2.37 bits per heavy atom. The number of benzene rings is 1. The molecule has 162 valence electrons. The van der Waals surface area contributed by atoms with E-state index < -0.39 is 5.97 Å². The number of carboxylic acid groups (broad SMARTS) is 1. The number of aryl methyl sites for hydroxylation is 1. The first-order chi connectivity index (χ1) is 14.5. The lowest BCUT2D eigenvalue weighted by molar-refractivity contribution is -0.138. The Balaban J connectivity index is 1.30. The molecule has 5 fully saturated rings. The van der Waals surface area contributed by atoms with E-state index in [2.05, 4.69) is 19.1 Å². The highest BCUT2D eigenvalue weighted by Gasteiger charge is 2.50. The van der Waals surface area contributed by atoms with Crippen molar-refractivity contribution >= 4 is 12.1 Å². The minimum atomic E-state index is -0.761. The van der Waals surface area contributed by atoms with Gasteiger partial charge < -0.3 is 14.7 Å². The van der Waals surface area contributed by atoms with Gasteiger partial charge in [0.2, 0.25) is 0 Å². The lowest BCUT2D eigenvalue weighted by atomic mass is 9.55. The summed E-state index contributed by atoms with van der Waals surface area (Å²) in [5, 5.41) is 9.40. The first-order valence-corrected chi connectivity index (χ1v) is 11.7. The number of aliphatic carboxylic acids is 1. The summed E-state index contributed by atoms with van der Waals surface area (Å²) in [6, 6.07) is 8.17. The first kappa shape index (κ1) is 19.9. The largest absolute Gasteiger partial charge is 0.481 e. The van der Waals surface area contributed by atoms with E-state index in [4.69, 9.17) is 4.74 Å². The Morgan fingerprint density at radius 2 is 1.73 bits per heavy atom. The van der Waals surface area contributed by atoms with Crippen molar-refractivity contribution in [3.8, 4) is 0 Å². The molecule has 0 spiro atoms. The average molecular weight is 412 g/mol. The molecule has 0 aromatic heterocycles. The number of amides is 1. The molecule has 1 aliphatic heterocycles. The van der Waals surface area contributed by atoms with Crippen molar-refractivity contribution in [1.29, 1.82) is 0 Å². The van der Waals surface area contributed by atoms with Crippen LogP contribution in [-0.4, -0.2) is 41.3 Å². The molecule has 4 bridgehead atoms. The average Bonchev–Trinajstić information content (AvgIpc) is 2.70. The minimum Gasteiger partial charge on any atom is -0.481 e. The molecule has 1 aromatic rings. The lowest BCUT2D eigenvalue weighted by Crippen LogP contribution is -2.52. The summed E-state index contributed by atoms with van der Waals surface area (Å²) >= 11 is 0. The Bertz CT molecular complexity index is 793. The van der Waals surface area contributed by atoms with Crippen LogP contribution < -0.4 is 0 Å². The second-order valence-corrected chi connectivity index (χ2v) is 10.3. The minimum absolute atomic E-state index is 0.0436. The third kappa shape index (κ3) is 3.72. The Morgan fingerprint density at radius 1 is 1.07 bits per heavy atom. The third-order valence-corrected chi connectivity index (χ3v) is 8.42. The second kappa shape index (κ2) is 7.90. The highest BCUT2D eigenvalue weighted by Crippen LogP contribution is 2.54. The molecule has 1 N–H and O–H groups in total. The van der Waals surface area contributed by atoms with Gasteiger partial charge in [-0.1, -0.05) is 24.3 Å². The topological polar surface area (TPSA) is 66.8 Å². The molecule has 5 heteroatoms. The van der Waals surface area contributed by atoms with Gasteiger partial charge in [-0.2, -0.15) is 0 Å². The number of rotatable bonds is 4. The van der Waals surface area contributed by atoms with Gasteiger partial charge >= 0.3 is 12.1 Å². The van der Waals surface area contributed by atoms with Crippen molar-refractivity contribution in [2.45, 2.75) is 63.9 Å². The molecule has 4 aliphatic carbocycles. The molecule has 1 amide bonds. The number of nitrogens with zero attached hydrogens (tertiary/aromatic N) is 1. The SMILES string of the molecule is Cc1ccccc1C1CN(C(=O)OC2C3CC4CC(C3)CC2C4)CCC1CC(=O)O. The lowest BCUT2D eigenvalue weighted by Gasteiger charge is -2.53. The zero-order valence-corrected chi connectivity index (χ0v) is 17.8. The van der Waals surface area contributed by atoms with Crippen LogP contribution in [0.25, 0.3) is 0 Å². The van der Waals surface area contributed by atoms with Crippen LogP contribution in [0.1, 0.15) is 62.0 Å². The van der Waals surface area contributed by atoms with E-state index in [1.807, 2.05) is 17.0 Å². The molecule has 6 rings (SSSR count). The molecule has 2 unspecified atom stereocenters. The predicted molar refractivity (Wildman–Crippen MR) is 113 cm³/mol. The molecule has 5 nitrogen and oxygen atoms in total. The van der Waals surface area contributed by atoms with E-state index >= 15 is 0 Å². The van der Waals surface area contributed by atoms with Gasteiger partial charge in [0.25, 0.3) is 0 Å². The van der Waals surface area contributed by atoms with Crippen LogP contribution in [0.2, 0.25) is 0 Å². The van der Waals surface area contributed by atoms with Gasteiger partial charge in [0, 0.05) is 25.4 Å². The van der Waals surface area contributed by atoms with Gasteiger partial charge in [-0.05, 0) is 86.2 Å². The Hall–Kier alpha value is -2.04. The Kier molecular flexibility index (Phi) is 5.24. The van der Waals surface area contributed by atoms with Gasteiger partial charge in [-0.15, -0.1) is 0 Å². The summed E-state index contributed by atoms with van der Waals surface area (Å²) in [4.78, 5) is 26.5. The van der Waals surface area contributed by atoms with Crippen LogP contribution >= 0.6 is 0 Å². The summed E-state index contributed by atoms with van der Waals surface area (Å²) in [6.45, 7) is 3.21. The van der Waals surface area contributed by atoms with Crippen LogP contribution in [0.5, 0.6) is 0 Å². The number of piperidine rings is 1. The molecule has 2 atom stereocenters. The van der Waals surface area contributed by atoms with Crippen LogP contribution in [0.15, 0.2) is 24.3 Å². The standard InChI is InChI=1S/C25H33NO4/c1-15-4-2-3-5-21(15)22-14-26(7-6-18(22)13-23(27)28)25(29)30-24-19-9-16-8-17(11-19)12-20(24)10-16/h2-5,16-20,22,24H,6-14H2,1H3,(H,27,28). The van der Waals surface area contributed by atoms with E-state index in [-0.39, 0.29) is 30.5 Å². The number of carboxylic acids is 1. The fraction of sp³-hybridized carbons (Fsp3) is 0.680. The van der Waals surface area contributed by atoms with Crippen molar-refractivity contribution in [1.82, 2.24) is 4.90 Å². The highest BCUT2D eigenvalue weighted by atomic mass is 16.6. The van der Waals surface area contributed by atoms with Gasteiger partial charge in [-0.25, -0.2) is 4.79 Å². The summed E-state index contributed by atoms with van der Waals surface area (Å²) in [5.74, 6) is 2.17. The normalized spacial score (nSPS) is 37.2. The van der Waals surface area contributed by atoms with Crippen molar-refractivity contribution in [3.63, 3.8) is 0 Å². The summed E-state index contributed by atoms with van der Waals surface area (Å²) in [5.41, 5.74) is 2.32. The summed E-state index contributed by atoms with van der Waals surface area (Å²) in [6.07, 6.45) is 7.10. The second-order valence-electron chi connectivity index (χ2n) is 10.3. The predicted octanol–water partition coefficient (Wildman–Crippen LogP) is 4.84. The smallest absolute Gasteiger partial charge is 0.410 e. The molecular weight excluding hydrogens is 378 g/mol. The van der Waals surface area contributed by atoms with Crippen LogP contribution in [0.3, 0.4) is 0 Å². The van der Waals surface area contributed by atoms with Crippen molar-refractivity contribution in [2.24, 2.45) is 29.6 Å². The molecule has 1 aromatic carbocycles. The van der Waals surface area contributed by atoms with Gasteiger partial charge in [0.15, 0.2) is 0 Å². The molecule has 30 heavy (non-hydrogen) atoms. The monoisotopic (exact) mass is 411 g/mol.